The van der Waals surface area contributed by atoms with Crippen LogP contribution in [0.5, 0.6) is 0 Å². The average molecular weight is 298 g/mol. The summed E-state index contributed by atoms with van der Waals surface area (Å²) < 4.78 is 0. The predicted octanol–water partition coefficient (Wildman–Crippen LogP) is 6.62. The molecule has 0 amide bonds. The Labute approximate surface area is 139 Å². The summed E-state index contributed by atoms with van der Waals surface area (Å²) in [6.45, 7) is 4.23. The topological polar surface area (TPSA) is 0 Å². The average Bonchev–Trinajstić information content (AvgIpc) is 2.63. The van der Waals surface area contributed by atoms with Gasteiger partial charge in [0.2, 0.25) is 0 Å². The third-order valence-corrected chi connectivity index (χ3v) is 4.18. The first-order chi connectivity index (χ1) is 11.3. The minimum atomic E-state index is 1.09. The molecule has 0 heterocycles. The van der Waals surface area contributed by atoms with Crippen LogP contribution in [0.3, 0.4) is 0 Å². The van der Waals surface area contributed by atoms with E-state index < -0.39 is 0 Å². The van der Waals surface area contributed by atoms with Gasteiger partial charge >= 0.3 is 0 Å². The molecule has 0 aliphatic heterocycles. The zero-order chi connectivity index (χ0) is 16.1. The molecule has 0 aliphatic rings. The number of hydrogen-bond acceptors (Lipinski definition) is 0. The molecule has 3 aromatic carbocycles. The van der Waals surface area contributed by atoms with E-state index in [-0.39, 0.29) is 0 Å². The van der Waals surface area contributed by atoms with Gasteiger partial charge in [0.15, 0.2) is 0 Å². The lowest BCUT2D eigenvalue weighted by Crippen LogP contribution is -1.83. The van der Waals surface area contributed by atoms with Crippen molar-refractivity contribution in [2.24, 2.45) is 0 Å². The lowest BCUT2D eigenvalue weighted by atomic mass is 9.99. The molecular weight excluding hydrogens is 276 g/mol. The molecule has 3 rings (SSSR count). The largest absolute Gasteiger partial charge is 0.0871 e. The van der Waals surface area contributed by atoms with Crippen molar-refractivity contribution in [3.05, 3.63) is 90.0 Å². The third-order valence-electron chi connectivity index (χ3n) is 4.18. The minimum Gasteiger partial charge on any atom is -0.0871 e. The fraction of sp³-hybridized carbons (Fsp3) is 0.130. The second-order valence-electron chi connectivity index (χ2n) is 5.75. The molecule has 0 heteroatoms. The number of benzene rings is 3. The SMILES string of the molecule is C/C=C/c1ccc(-c2ccc(-c3ccc(CC)cc3)cc2)cc1. The van der Waals surface area contributed by atoms with E-state index in [1.54, 1.807) is 0 Å². The van der Waals surface area contributed by atoms with E-state index in [1.807, 2.05) is 6.92 Å². The molecule has 0 spiro atoms. The van der Waals surface area contributed by atoms with Gasteiger partial charge in [-0.15, -0.1) is 0 Å². The molecule has 0 fully saturated rings. The maximum Gasteiger partial charge on any atom is -0.0184 e. The third kappa shape index (κ3) is 3.60. The second kappa shape index (κ2) is 7.11. The molecular formula is C23H22. The quantitative estimate of drug-likeness (QED) is 0.508. The summed E-state index contributed by atoms with van der Waals surface area (Å²) in [5, 5.41) is 0. The van der Waals surface area contributed by atoms with Gasteiger partial charge in [-0.2, -0.15) is 0 Å². The van der Waals surface area contributed by atoms with Crippen LogP contribution in [0.4, 0.5) is 0 Å². The zero-order valence-corrected chi connectivity index (χ0v) is 13.8. The molecule has 23 heavy (non-hydrogen) atoms. The van der Waals surface area contributed by atoms with E-state index in [1.165, 1.54) is 33.4 Å². The lowest BCUT2D eigenvalue weighted by molar-refractivity contribution is 1.14. The molecule has 0 unspecified atom stereocenters. The zero-order valence-electron chi connectivity index (χ0n) is 13.8. The van der Waals surface area contributed by atoms with Gasteiger partial charge in [0, 0.05) is 0 Å². The van der Waals surface area contributed by atoms with E-state index in [9.17, 15) is 0 Å². The predicted molar refractivity (Wildman–Crippen MR) is 101 cm³/mol. The highest BCUT2D eigenvalue weighted by Gasteiger charge is 2.01. The summed E-state index contributed by atoms with van der Waals surface area (Å²) >= 11 is 0. The second-order valence-corrected chi connectivity index (χ2v) is 5.75. The molecule has 0 aliphatic carbocycles. The molecule has 0 aromatic heterocycles. The summed E-state index contributed by atoms with van der Waals surface area (Å²) in [6, 6.07) is 26.3. The van der Waals surface area contributed by atoms with E-state index in [4.69, 9.17) is 0 Å². The first-order valence-corrected chi connectivity index (χ1v) is 8.22. The van der Waals surface area contributed by atoms with Crippen LogP contribution < -0.4 is 0 Å². The highest BCUT2D eigenvalue weighted by Crippen LogP contribution is 2.25. The molecule has 0 saturated heterocycles. The van der Waals surface area contributed by atoms with E-state index in [0.717, 1.165) is 6.42 Å². The van der Waals surface area contributed by atoms with Crippen molar-refractivity contribution in [3.8, 4) is 22.3 Å². The molecule has 0 saturated carbocycles. The van der Waals surface area contributed by atoms with Crippen LogP contribution in [-0.4, -0.2) is 0 Å². The Morgan fingerprint density at radius 2 is 1.00 bits per heavy atom. The molecule has 0 radical (unpaired) electrons. The Hall–Kier alpha value is -2.60. The maximum atomic E-state index is 2.21. The first-order valence-electron chi connectivity index (χ1n) is 8.22. The Morgan fingerprint density at radius 3 is 1.39 bits per heavy atom. The Bertz CT molecular complexity index is 773. The van der Waals surface area contributed by atoms with Crippen molar-refractivity contribution < 1.29 is 0 Å². The standard InChI is InChI=1S/C23H22/c1-3-5-19-8-12-21(13-9-19)23-16-14-22(15-17-23)20-10-6-18(4-2)7-11-20/h3,5-17H,4H2,1-2H3/b5-3+. The van der Waals surface area contributed by atoms with Gasteiger partial charge in [-0.1, -0.05) is 91.9 Å². The van der Waals surface area contributed by atoms with Gasteiger partial charge in [0.1, 0.15) is 0 Å². The van der Waals surface area contributed by atoms with Gasteiger partial charge in [-0.05, 0) is 46.7 Å². The van der Waals surface area contributed by atoms with Crippen LogP contribution in [-0.2, 0) is 6.42 Å². The lowest BCUT2D eigenvalue weighted by Gasteiger charge is -2.06. The van der Waals surface area contributed by atoms with Crippen LogP contribution in [0.1, 0.15) is 25.0 Å². The van der Waals surface area contributed by atoms with Crippen LogP contribution in [0.15, 0.2) is 78.9 Å². The van der Waals surface area contributed by atoms with Crippen molar-refractivity contribution in [1.82, 2.24) is 0 Å². The molecule has 114 valence electrons. The molecule has 0 N–H and O–H groups in total. The summed E-state index contributed by atoms with van der Waals surface area (Å²) in [7, 11) is 0. The van der Waals surface area contributed by atoms with Crippen LogP contribution in [0.25, 0.3) is 28.3 Å². The van der Waals surface area contributed by atoms with Crippen LogP contribution in [0.2, 0.25) is 0 Å². The van der Waals surface area contributed by atoms with E-state index >= 15 is 0 Å². The highest BCUT2D eigenvalue weighted by molar-refractivity contribution is 5.71. The highest BCUT2D eigenvalue weighted by atomic mass is 14.1. The molecule has 0 bridgehead atoms. The summed E-state index contributed by atoms with van der Waals surface area (Å²) in [6.07, 6.45) is 5.27. The van der Waals surface area contributed by atoms with E-state index in [2.05, 4.69) is 91.9 Å². The van der Waals surface area contributed by atoms with Crippen LogP contribution in [0, 0.1) is 0 Å². The van der Waals surface area contributed by atoms with Crippen molar-refractivity contribution in [1.29, 1.82) is 0 Å². The van der Waals surface area contributed by atoms with Crippen molar-refractivity contribution in [2.45, 2.75) is 20.3 Å². The van der Waals surface area contributed by atoms with Crippen molar-refractivity contribution in [3.63, 3.8) is 0 Å². The monoisotopic (exact) mass is 298 g/mol. The van der Waals surface area contributed by atoms with Gasteiger partial charge in [-0.25, -0.2) is 0 Å². The first kappa shape index (κ1) is 15.3. The fourth-order valence-electron chi connectivity index (χ4n) is 2.77. The Morgan fingerprint density at radius 1 is 0.609 bits per heavy atom. The molecule has 0 nitrogen and oxygen atoms in total. The minimum absolute atomic E-state index is 1.09. The molecule has 0 atom stereocenters. The van der Waals surface area contributed by atoms with Gasteiger partial charge in [0.25, 0.3) is 0 Å². The number of allylic oxidation sites excluding steroid dienone is 1. The van der Waals surface area contributed by atoms with Crippen LogP contribution >= 0.6 is 0 Å². The van der Waals surface area contributed by atoms with Crippen molar-refractivity contribution >= 4 is 6.08 Å². The summed E-state index contributed by atoms with van der Waals surface area (Å²) in [4.78, 5) is 0. The fourth-order valence-corrected chi connectivity index (χ4v) is 2.77. The number of rotatable bonds is 4. The van der Waals surface area contributed by atoms with Gasteiger partial charge < -0.3 is 0 Å². The summed E-state index contributed by atoms with van der Waals surface area (Å²) in [5.41, 5.74) is 7.67. The normalized spacial score (nSPS) is 11.0. The van der Waals surface area contributed by atoms with Gasteiger partial charge in [-0.3, -0.25) is 0 Å². The summed E-state index contributed by atoms with van der Waals surface area (Å²) in [5.74, 6) is 0. The Kier molecular flexibility index (Phi) is 4.73. The molecule has 3 aromatic rings. The smallest absolute Gasteiger partial charge is 0.0184 e. The van der Waals surface area contributed by atoms with E-state index in [0.29, 0.717) is 0 Å². The maximum absolute atomic E-state index is 2.21. The number of hydrogen-bond donors (Lipinski definition) is 0. The van der Waals surface area contributed by atoms with Gasteiger partial charge in [0.05, 0.1) is 0 Å². The van der Waals surface area contributed by atoms with Crippen molar-refractivity contribution in [2.75, 3.05) is 0 Å². The number of aryl methyl sites for hydroxylation is 1. The Balaban J connectivity index is 1.83.